The number of carbonyl (C=O) groups excluding carboxylic acids is 2. The highest BCUT2D eigenvalue weighted by atomic mass is 19.1. The molecule has 0 aliphatic heterocycles. The van der Waals surface area contributed by atoms with Crippen molar-refractivity contribution in [3.05, 3.63) is 77.9 Å². The first-order chi connectivity index (χ1) is 13.1. The van der Waals surface area contributed by atoms with Crippen LogP contribution in [0.5, 0.6) is 5.75 Å². The summed E-state index contributed by atoms with van der Waals surface area (Å²) in [6, 6.07) is 14.4. The van der Waals surface area contributed by atoms with Crippen molar-refractivity contribution < 1.29 is 18.7 Å². The molecule has 0 unspecified atom stereocenters. The number of H-pyrrole nitrogens is 1. The number of hydrogen-bond acceptors (Lipinski definition) is 4. The Morgan fingerprint density at radius 1 is 1.07 bits per heavy atom. The predicted molar refractivity (Wildman–Crippen MR) is 96.2 cm³/mol. The highest BCUT2D eigenvalue weighted by Gasteiger charge is 2.13. The third kappa shape index (κ3) is 5.40. The summed E-state index contributed by atoms with van der Waals surface area (Å²) in [5.74, 6) is -1.51. The third-order valence-corrected chi connectivity index (χ3v) is 3.59. The summed E-state index contributed by atoms with van der Waals surface area (Å²) in [6.45, 7) is 0.368. The maximum atomic E-state index is 13.2. The fraction of sp³-hybridized carbons (Fsp3) is 0.105. The molecule has 2 aromatic carbocycles. The van der Waals surface area contributed by atoms with Crippen LogP contribution in [0.3, 0.4) is 0 Å². The molecule has 0 aliphatic carbocycles. The highest BCUT2D eigenvalue weighted by Crippen LogP contribution is 2.16. The number of aromatic nitrogens is 2. The molecule has 1 aromatic heterocycles. The second kappa shape index (κ2) is 8.61. The lowest BCUT2D eigenvalue weighted by molar-refractivity contribution is -0.136. The smallest absolute Gasteiger partial charge is 0.313 e. The van der Waals surface area contributed by atoms with Crippen LogP contribution in [-0.4, -0.2) is 22.0 Å². The highest BCUT2D eigenvalue weighted by molar-refractivity contribution is 6.39. The van der Waals surface area contributed by atoms with Crippen LogP contribution >= 0.6 is 0 Å². The van der Waals surface area contributed by atoms with Gasteiger partial charge in [-0.2, -0.15) is 5.10 Å². The first-order valence-electron chi connectivity index (χ1n) is 8.15. The zero-order valence-corrected chi connectivity index (χ0v) is 14.2. The minimum atomic E-state index is -0.780. The number of carbonyl (C=O) groups is 2. The van der Waals surface area contributed by atoms with Gasteiger partial charge in [-0.15, -0.1) is 0 Å². The normalized spacial score (nSPS) is 10.3. The molecule has 0 radical (unpaired) electrons. The maximum absolute atomic E-state index is 13.2. The van der Waals surface area contributed by atoms with Crippen molar-refractivity contribution in [2.24, 2.45) is 0 Å². The average Bonchev–Trinajstić information content (AvgIpc) is 3.18. The van der Waals surface area contributed by atoms with Crippen LogP contribution in [0.4, 0.5) is 10.1 Å². The first kappa shape index (κ1) is 18.1. The number of halogens is 1. The molecule has 138 valence electrons. The molecule has 0 aliphatic rings. The summed E-state index contributed by atoms with van der Waals surface area (Å²) in [7, 11) is 0. The van der Waals surface area contributed by atoms with Gasteiger partial charge in [0.05, 0.1) is 12.2 Å². The van der Waals surface area contributed by atoms with Crippen molar-refractivity contribution in [2.45, 2.75) is 13.2 Å². The lowest BCUT2D eigenvalue weighted by Crippen LogP contribution is -2.35. The SMILES string of the molecule is O=C(NCc1ccn[nH]1)C(=O)Nc1cccc(COc2cccc(F)c2)c1. The molecule has 0 saturated heterocycles. The fourth-order valence-electron chi connectivity index (χ4n) is 2.29. The van der Waals surface area contributed by atoms with E-state index in [9.17, 15) is 14.0 Å². The van der Waals surface area contributed by atoms with E-state index >= 15 is 0 Å². The summed E-state index contributed by atoms with van der Waals surface area (Å²) in [6.07, 6.45) is 1.55. The summed E-state index contributed by atoms with van der Waals surface area (Å²) in [5, 5.41) is 11.5. The van der Waals surface area contributed by atoms with Crippen molar-refractivity contribution >= 4 is 17.5 Å². The quantitative estimate of drug-likeness (QED) is 0.582. The van der Waals surface area contributed by atoms with Gasteiger partial charge in [-0.05, 0) is 35.9 Å². The Bertz CT molecular complexity index is 928. The Labute approximate surface area is 154 Å². The van der Waals surface area contributed by atoms with E-state index in [2.05, 4.69) is 20.8 Å². The van der Waals surface area contributed by atoms with Gasteiger partial charge in [0.1, 0.15) is 18.2 Å². The molecule has 0 bridgehead atoms. The zero-order chi connectivity index (χ0) is 19.1. The molecule has 3 rings (SSSR count). The molecule has 2 amide bonds. The molecule has 1 heterocycles. The number of nitrogens with zero attached hydrogens (tertiary/aromatic N) is 1. The van der Waals surface area contributed by atoms with E-state index in [1.165, 1.54) is 12.1 Å². The van der Waals surface area contributed by atoms with Gasteiger partial charge in [0.15, 0.2) is 0 Å². The summed E-state index contributed by atoms with van der Waals surface area (Å²) in [4.78, 5) is 23.8. The Kier molecular flexibility index (Phi) is 5.78. The number of nitrogens with one attached hydrogen (secondary N) is 3. The van der Waals surface area contributed by atoms with Crippen LogP contribution in [0.15, 0.2) is 60.8 Å². The number of aromatic amines is 1. The second-order valence-electron chi connectivity index (χ2n) is 5.67. The van der Waals surface area contributed by atoms with Crippen molar-refractivity contribution in [1.82, 2.24) is 15.5 Å². The van der Waals surface area contributed by atoms with Crippen molar-refractivity contribution in [3.8, 4) is 5.75 Å². The van der Waals surface area contributed by atoms with E-state index in [4.69, 9.17) is 4.74 Å². The minimum absolute atomic E-state index is 0.174. The van der Waals surface area contributed by atoms with Gasteiger partial charge in [-0.25, -0.2) is 4.39 Å². The van der Waals surface area contributed by atoms with Crippen molar-refractivity contribution in [1.29, 1.82) is 0 Å². The zero-order valence-electron chi connectivity index (χ0n) is 14.2. The first-order valence-corrected chi connectivity index (χ1v) is 8.15. The molecule has 7 nitrogen and oxygen atoms in total. The minimum Gasteiger partial charge on any atom is -0.489 e. The molecule has 0 atom stereocenters. The molecule has 8 heteroatoms. The van der Waals surface area contributed by atoms with E-state index in [0.717, 1.165) is 5.56 Å². The van der Waals surface area contributed by atoms with E-state index in [0.29, 0.717) is 17.1 Å². The molecule has 0 spiro atoms. The number of rotatable bonds is 6. The summed E-state index contributed by atoms with van der Waals surface area (Å²) < 4.78 is 18.7. The Hall–Kier alpha value is -3.68. The molecule has 0 saturated carbocycles. The van der Waals surface area contributed by atoms with Gasteiger partial charge < -0.3 is 15.4 Å². The van der Waals surface area contributed by atoms with Gasteiger partial charge in [0.2, 0.25) is 0 Å². The van der Waals surface area contributed by atoms with Crippen LogP contribution in [0.2, 0.25) is 0 Å². The lowest BCUT2D eigenvalue weighted by atomic mass is 10.2. The van der Waals surface area contributed by atoms with Gasteiger partial charge in [0, 0.05) is 18.0 Å². The maximum Gasteiger partial charge on any atom is 0.313 e. The largest absolute Gasteiger partial charge is 0.489 e. The van der Waals surface area contributed by atoms with Crippen LogP contribution in [-0.2, 0) is 22.7 Å². The molecule has 3 aromatic rings. The molecule has 0 fully saturated rings. The monoisotopic (exact) mass is 368 g/mol. The number of benzene rings is 2. The van der Waals surface area contributed by atoms with Gasteiger partial charge in [-0.1, -0.05) is 18.2 Å². The molecular formula is C19H17FN4O3. The Morgan fingerprint density at radius 3 is 2.70 bits per heavy atom. The van der Waals surface area contributed by atoms with E-state index in [-0.39, 0.29) is 19.0 Å². The average molecular weight is 368 g/mol. The summed E-state index contributed by atoms with van der Waals surface area (Å²) >= 11 is 0. The van der Waals surface area contributed by atoms with Crippen molar-refractivity contribution in [3.63, 3.8) is 0 Å². The summed E-state index contributed by atoms with van der Waals surface area (Å²) in [5.41, 5.74) is 1.90. The number of anilines is 1. The van der Waals surface area contributed by atoms with E-state index in [1.807, 2.05) is 0 Å². The Balaban J connectivity index is 1.53. The molecule has 3 N–H and O–H groups in total. The number of ether oxygens (including phenoxy) is 1. The lowest BCUT2D eigenvalue weighted by Gasteiger charge is -2.09. The van der Waals surface area contributed by atoms with Gasteiger partial charge in [-0.3, -0.25) is 14.7 Å². The van der Waals surface area contributed by atoms with Gasteiger partial charge >= 0.3 is 11.8 Å². The van der Waals surface area contributed by atoms with Crippen LogP contribution in [0, 0.1) is 5.82 Å². The molecule has 27 heavy (non-hydrogen) atoms. The van der Waals surface area contributed by atoms with Gasteiger partial charge in [0.25, 0.3) is 0 Å². The Morgan fingerprint density at radius 2 is 1.93 bits per heavy atom. The van der Waals surface area contributed by atoms with Crippen LogP contribution in [0.1, 0.15) is 11.3 Å². The third-order valence-electron chi connectivity index (χ3n) is 3.59. The van der Waals surface area contributed by atoms with Crippen LogP contribution < -0.4 is 15.4 Å². The van der Waals surface area contributed by atoms with E-state index < -0.39 is 11.8 Å². The van der Waals surface area contributed by atoms with Crippen molar-refractivity contribution in [2.75, 3.05) is 5.32 Å². The van der Waals surface area contributed by atoms with E-state index in [1.54, 1.807) is 48.7 Å². The predicted octanol–water partition coefficient (Wildman–Crippen LogP) is 2.38. The topological polar surface area (TPSA) is 96.1 Å². The fourth-order valence-corrected chi connectivity index (χ4v) is 2.29. The molecular weight excluding hydrogens is 351 g/mol. The van der Waals surface area contributed by atoms with Crippen LogP contribution in [0.25, 0.3) is 0 Å². The number of hydrogen-bond donors (Lipinski definition) is 3. The standard InChI is InChI=1S/C19H17FN4O3/c20-14-4-2-6-17(10-14)27-12-13-3-1-5-15(9-13)23-19(26)18(25)21-11-16-7-8-22-24-16/h1-10H,11-12H2,(H,21,25)(H,22,24)(H,23,26). The second-order valence-corrected chi connectivity index (χ2v) is 5.67. The number of amides is 2.